The van der Waals surface area contributed by atoms with E-state index in [0.29, 0.717) is 0 Å². The standard InChI is InChI=1S/C7H15NO9S2/c1-4-6(2-9)16-3-5(8-18(10,11)12)7(4)17-19(13,14)15/h4-9H,2-3H2,1H3,(H,10,11,12)(H,13,14,15)/p-2/t4-,5?,6?,7-/m1/s1. The molecule has 0 aliphatic carbocycles. The van der Waals surface area contributed by atoms with Crippen LogP contribution in [0.5, 0.6) is 0 Å². The Balaban J connectivity index is 2.95. The zero-order valence-corrected chi connectivity index (χ0v) is 11.4. The van der Waals surface area contributed by atoms with Crippen LogP contribution in [0.2, 0.25) is 0 Å². The van der Waals surface area contributed by atoms with Crippen molar-refractivity contribution in [2.24, 2.45) is 5.92 Å². The molecule has 0 aromatic rings. The van der Waals surface area contributed by atoms with Crippen molar-refractivity contribution in [3.63, 3.8) is 0 Å². The van der Waals surface area contributed by atoms with E-state index in [0.717, 1.165) is 0 Å². The Morgan fingerprint density at radius 2 is 1.95 bits per heavy atom. The summed E-state index contributed by atoms with van der Waals surface area (Å²) in [5.41, 5.74) is 0. The third-order valence-electron chi connectivity index (χ3n) is 2.70. The fourth-order valence-corrected chi connectivity index (χ4v) is 3.00. The number of hydrogen-bond acceptors (Lipinski definition) is 9. The van der Waals surface area contributed by atoms with Gasteiger partial charge in [-0.15, -0.1) is 0 Å². The summed E-state index contributed by atoms with van der Waals surface area (Å²) in [6, 6.07) is -1.33. The quantitative estimate of drug-likeness (QED) is 0.404. The Labute approximate surface area is 110 Å². The number of ether oxygens (including phenoxy) is 1. The molecular weight excluding hydrogens is 306 g/mol. The minimum Gasteiger partial charge on any atom is -0.735 e. The Bertz CT molecular complexity index is 501. The fourth-order valence-electron chi connectivity index (χ4n) is 1.85. The maximum absolute atomic E-state index is 10.6. The first-order valence-electron chi connectivity index (χ1n) is 5.13. The SMILES string of the molecule is C[C@@H]1C(CO)OCC(NS(=O)(=O)[O-])[C@@H]1OS(=O)(=O)[O-]. The van der Waals surface area contributed by atoms with Gasteiger partial charge in [-0.1, -0.05) is 6.92 Å². The molecule has 0 saturated carbocycles. The Kier molecular flexibility index (Phi) is 5.25. The molecular formula is C7H13NO9S2-2. The van der Waals surface area contributed by atoms with Gasteiger partial charge in [-0.2, -0.15) is 0 Å². The average Bonchev–Trinajstić information content (AvgIpc) is 2.20. The molecule has 2 unspecified atom stereocenters. The van der Waals surface area contributed by atoms with Gasteiger partial charge in [-0.3, -0.25) is 4.18 Å². The van der Waals surface area contributed by atoms with Crippen molar-refractivity contribution >= 4 is 20.7 Å². The van der Waals surface area contributed by atoms with Gasteiger partial charge in [0.2, 0.25) is 10.4 Å². The molecule has 1 heterocycles. The number of aliphatic hydroxyl groups is 1. The number of aliphatic hydroxyl groups excluding tert-OH is 1. The second kappa shape index (κ2) is 5.97. The van der Waals surface area contributed by atoms with Crippen molar-refractivity contribution in [3.05, 3.63) is 0 Å². The van der Waals surface area contributed by atoms with E-state index in [4.69, 9.17) is 9.84 Å². The first-order chi connectivity index (χ1) is 8.53. The second-order valence-corrected chi connectivity index (χ2v) is 6.21. The van der Waals surface area contributed by atoms with Gasteiger partial charge in [0.05, 0.1) is 31.5 Å². The lowest BCUT2D eigenvalue weighted by Gasteiger charge is -2.40. The summed E-state index contributed by atoms with van der Waals surface area (Å²) in [4.78, 5) is 0. The number of nitrogens with one attached hydrogen (secondary N) is 1. The lowest BCUT2D eigenvalue weighted by molar-refractivity contribution is -0.110. The molecule has 0 bridgehead atoms. The van der Waals surface area contributed by atoms with Crippen LogP contribution in [0, 0.1) is 5.92 Å². The van der Waals surface area contributed by atoms with Gasteiger partial charge in [0.1, 0.15) is 0 Å². The van der Waals surface area contributed by atoms with Crippen LogP contribution >= 0.6 is 0 Å². The molecule has 114 valence electrons. The van der Waals surface area contributed by atoms with Crippen molar-refractivity contribution in [3.8, 4) is 0 Å². The lowest BCUT2D eigenvalue weighted by atomic mass is 9.91. The maximum atomic E-state index is 10.6. The van der Waals surface area contributed by atoms with Crippen molar-refractivity contribution in [1.82, 2.24) is 4.72 Å². The summed E-state index contributed by atoms with van der Waals surface area (Å²) in [6.45, 7) is 0.510. The highest BCUT2D eigenvalue weighted by Crippen LogP contribution is 2.25. The van der Waals surface area contributed by atoms with Crippen LogP contribution in [-0.4, -0.2) is 62.5 Å². The minimum atomic E-state index is -5.10. The van der Waals surface area contributed by atoms with Crippen LogP contribution in [0.1, 0.15) is 6.92 Å². The third kappa shape index (κ3) is 5.27. The molecule has 0 aromatic carbocycles. The van der Waals surface area contributed by atoms with E-state index in [2.05, 4.69) is 4.18 Å². The summed E-state index contributed by atoms with van der Waals surface area (Å²) >= 11 is 0. The summed E-state index contributed by atoms with van der Waals surface area (Å²) < 4.78 is 74.6. The summed E-state index contributed by atoms with van der Waals surface area (Å²) in [5, 5.41) is 8.99. The predicted octanol–water partition coefficient (Wildman–Crippen LogP) is -2.72. The molecule has 19 heavy (non-hydrogen) atoms. The Morgan fingerprint density at radius 3 is 2.37 bits per heavy atom. The average molecular weight is 319 g/mol. The van der Waals surface area contributed by atoms with Crippen LogP contribution in [0.4, 0.5) is 0 Å². The zero-order valence-electron chi connectivity index (χ0n) is 9.75. The van der Waals surface area contributed by atoms with Gasteiger partial charge < -0.3 is 18.9 Å². The van der Waals surface area contributed by atoms with Gasteiger partial charge in [0.15, 0.2) is 10.3 Å². The molecule has 1 aliphatic rings. The van der Waals surface area contributed by atoms with E-state index >= 15 is 0 Å². The highest BCUT2D eigenvalue weighted by molar-refractivity contribution is 7.83. The molecule has 0 amide bonds. The zero-order chi connectivity index (χ0) is 14.8. The van der Waals surface area contributed by atoms with Crippen LogP contribution in [0.15, 0.2) is 0 Å². The van der Waals surface area contributed by atoms with E-state index in [1.165, 1.54) is 6.92 Å². The van der Waals surface area contributed by atoms with Crippen LogP contribution in [-0.2, 0) is 29.6 Å². The van der Waals surface area contributed by atoms with Crippen molar-refractivity contribution in [2.45, 2.75) is 25.2 Å². The highest BCUT2D eigenvalue weighted by atomic mass is 32.3. The van der Waals surface area contributed by atoms with Gasteiger partial charge in [-0.05, 0) is 0 Å². The molecule has 1 saturated heterocycles. The lowest BCUT2D eigenvalue weighted by Crippen LogP contribution is -2.57. The second-order valence-electron chi connectivity index (χ2n) is 4.06. The van der Waals surface area contributed by atoms with Crippen LogP contribution in [0.3, 0.4) is 0 Å². The summed E-state index contributed by atoms with van der Waals surface area (Å²) in [5.74, 6) is -0.818. The van der Waals surface area contributed by atoms with Gasteiger partial charge in [0, 0.05) is 5.92 Å². The molecule has 4 atom stereocenters. The molecule has 1 rings (SSSR count). The summed E-state index contributed by atoms with van der Waals surface area (Å²) in [6.07, 6.45) is -2.27. The number of rotatable bonds is 5. The maximum Gasteiger partial charge on any atom is 0.217 e. The first kappa shape index (κ1) is 16.7. The monoisotopic (exact) mass is 319 g/mol. The van der Waals surface area contributed by atoms with Crippen molar-refractivity contribution in [1.29, 1.82) is 0 Å². The largest absolute Gasteiger partial charge is 0.735 e. The van der Waals surface area contributed by atoms with Gasteiger partial charge in [-0.25, -0.2) is 21.6 Å². The topological polar surface area (TPSA) is 165 Å². The molecule has 0 spiro atoms. The molecule has 0 radical (unpaired) electrons. The molecule has 1 fully saturated rings. The number of hydrogen-bond donors (Lipinski definition) is 2. The Morgan fingerprint density at radius 1 is 1.37 bits per heavy atom. The fraction of sp³-hybridized carbons (Fsp3) is 1.00. The highest BCUT2D eigenvalue weighted by Gasteiger charge is 2.40. The van der Waals surface area contributed by atoms with E-state index in [1.54, 1.807) is 4.72 Å². The van der Waals surface area contributed by atoms with E-state index < -0.39 is 58.1 Å². The predicted molar refractivity (Wildman–Crippen MR) is 57.2 cm³/mol. The minimum absolute atomic E-state index is 0.406. The molecule has 10 nitrogen and oxygen atoms in total. The first-order valence-corrected chi connectivity index (χ1v) is 7.87. The smallest absolute Gasteiger partial charge is 0.217 e. The van der Waals surface area contributed by atoms with E-state index in [9.17, 15) is 25.9 Å². The molecule has 2 N–H and O–H groups in total. The summed E-state index contributed by atoms with van der Waals surface area (Å²) in [7, 11) is -9.98. The normalized spacial score (nSPS) is 33.3. The van der Waals surface area contributed by atoms with Crippen LogP contribution < -0.4 is 4.72 Å². The van der Waals surface area contributed by atoms with Gasteiger partial charge >= 0.3 is 0 Å². The molecule has 1 aliphatic heterocycles. The third-order valence-corrected chi connectivity index (χ3v) is 3.75. The van der Waals surface area contributed by atoms with Crippen LogP contribution in [0.25, 0.3) is 0 Å². The van der Waals surface area contributed by atoms with Crippen molar-refractivity contribution < 1.29 is 40.0 Å². The molecule has 0 aromatic heterocycles. The Hall–Kier alpha value is -0.340. The van der Waals surface area contributed by atoms with E-state index in [-0.39, 0.29) is 0 Å². The van der Waals surface area contributed by atoms with Gasteiger partial charge in [0.25, 0.3) is 0 Å². The van der Waals surface area contributed by atoms with Crippen molar-refractivity contribution in [2.75, 3.05) is 13.2 Å². The van der Waals surface area contributed by atoms with E-state index in [1.807, 2.05) is 0 Å². The molecule has 12 heteroatoms.